The van der Waals surface area contributed by atoms with E-state index >= 15 is 0 Å². The van der Waals surface area contributed by atoms with Crippen molar-refractivity contribution in [1.29, 1.82) is 0 Å². The van der Waals surface area contributed by atoms with Crippen LogP contribution in [0.5, 0.6) is 0 Å². The third kappa shape index (κ3) is 7.90. The maximum absolute atomic E-state index is 13.4. The summed E-state index contributed by atoms with van der Waals surface area (Å²) in [6.07, 6.45) is 5.58. The van der Waals surface area contributed by atoms with Gasteiger partial charge in [0.15, 0.2) is 11.0 Å². The maximum atomic E-state index is 13.4. The quantitative estimate of drug-likeness (QED) is 0.118. The molecule has 2 aromatic heterocycles. The fourth-order valence-electron chi connectivity index (χ4n) is 5.33. The van der Waals surface area contributed by atoms with Crippen molar-refractivity contribution in [3.8, 4) is 0 Å². The Hall–Kier alpha value is -4.22. The normalized spacial score (nSPS) is 13.1. The number of hydrogen-bond acceptors (Lipinski definition) is 7. The predicted molar refractivity (Wildman–Crippen MR) is 180 cm³/mol. The molecule has 0 radical (unpaired) electrons. The molecule has 9 nitrogen and oxygen atoms in total. The molecule has 0 bridgehead atoms. The van der Waals surface area contributed by atoms with Crippen LogP contribution >= 0.6 is 23.1 Å². The summed E-state index contributed by atoms with van der Waals surface area (Å²) in [7, 11) is 0. The van der Waals surface area contributed by atoms with Crippen LogP contribution < -0.4 is 16.0 Å². The van der Waals surface area contributed by atoms with Gasteiger partial charge in [-0.3, -0.25) is 14.4 Å². The number of thioether (sulfide) groups is 1. The number of fused-ring (bicyclic) bond motifs is 1. The average Bonchev–Trinajstić information content (AvgIpc) is 3.62. The molecule has 0 saturated carbocycles. The van der Waals surface area contributed by atoms with E-state index < -0.39 is 6.04 Å². The van der Waals surface area contributed by atoms with Crippen molar-refractivity contribution >= 4 is 45.8 Å². The van der Waals surface area contributed by atoms with E-state index in [-0.39, 0.29) is 29.4 Å². The van der Waals surface area contributed by atoms with Crippen LogP contribution in [0.3, 0.4) is 0 Å². The fraction of sp³-hybridized carbons (Fsp3) is 0.324. The molecule has 234 valence electrons. The van der Waals surface area contributed by atoms with Crippen molar-refractivity contribution in [3.05, 3.63) is 106 Å². The van der Waals surface area contributed by atoms with Crippen LogP contribution in [0, 0.1) is 5.92 Å². The van der Waals surface area contributed by atoms with Gasteiger partial charge in [0.2, 0.25) is 5.91 Å². The third-order valence-corrected chi connectivity index (χ3v) is 9.78. The Labute approximate surface area is 271 Å². The van der Waals surface area contributed by atoms with Crippen molar-refractivity contribution in [2.24, 2.45) is 5.92 Å². The number of nitrogens with zero attached hydrogens (tertiary/aromatic N) is 3. The summed E-state index contributed by atoms with van der Waals surface area (Å²) in [5, 5.41) is 19.1. The predicted octanol–water partition coefficient (Wildman–Crippen LogP) is 6.19. The first-order valence-electron chi connectivity index (χ1n) is 15.1. The summed E-state index contributed by atoms with van der Waals surface area (Å²) in [6.45, 7) is 8.74. The molecule has 45 heavy (non-hydrogen) atoms. The molecule has 1 aliphatic rings. The highest BCUT2D eigenvalue weighted by Gasteiger charge is 2.28. The van der Waals surface area contributed by atoms with Crippen LogP contribution in [0.4, 0.5) is 5.00 Å². The summed E-state index contributed by atoms with van der Waals surface area (Å²) >= 11 is 2.76. The van der Waals surface area contributed by atoms with E-state index in [9.17, 15) is 14.4 Å². The minimum Gasteiger partial charge on any atom is -0.348 e. The molecule has 0 aliphatic heterocycles. The lowest BCUT2D eigenvalue weighted by Crippen LogP contribution is -2.33. The molecular weight excluding hydrogens is 605 g/mol. The van der Waals surface area contributed by atoms with Gasteiger partial charge in [-0.05, 0) is 54.9 Å². The van der Waals surface area contributed by atoms with E-state index in [1.54, 1.807) is 18.2 Å². The summed E-state index contributed by atoms with van der Waals surface area (Å²) in [6, 6.07) is 18.4. The van der Waals surface area contributed by atoms with Gasteiger partial charge >= 0.3 is 0 Å². The summed E-state index contributed by atoms with van der Waals surface area (Å²) < 4.78 is 1.88. The Morgan fingerprint density at radius 2 is 1.71 bits per heavy atom. The van der Waals surface area contributed by atoms with E-state index in [2.05, 4.69) is 32.7 Å². The lowest BCUT2D eigenvalue weighted by molar-refractivity contribution is -0.113. The molecular formula is C34H38N6O3S2. The minimum absolute atomic E-state index is 0.0305. The highest BCUT2D eigenvalue weighted by atomic mass is 32.2. The number of anilines is 1. The summed E-state index contributed by atoms with van der Waals surface area (Å²) in [4.78, 5) is 40.9. The third-order valence-electron chi connectivity index (χ3n) is 7.60. The number of carbonyl (C=O) groups is 3. The lowest BCUT2D eigenvalue weighted by atomic mass is 9.95. The minimum atomic E-state index is -0.400. The van der Waals surface area contributed by atoms with Gasteiger partial charge in [-0.15, -0.1) is 28.1 Å². The number of aromatic nitrogens is 3. The van der Waals surface area contributed by atoms with Crippen LogP contribution in [-0.2, 0) is 30.7 Å². The van der Waals surface area contributed by atoms with Crippen molar-refractivity contribution in [2.45, 2.75) is 63.8 Å². The fourth-order valence-corrected chi connectivity index (χ4v) is 7.39. The van der Waals surface area contributed by atoms with E-state index in [4.69, 9.17) is 0 Å². The average molecular weight is 643 g/mol. The van der Waals surface area contributed by atoms with Gasteiger partial charge in [-0.1, -0.05) is 80.2 Å². The molecule has 0 spiro atoms. The largest absolute Gasteiger partial charge is 0.348 e. The molecule has 2 heterocycles. The second-order valence-corrected chi connectivity index (χ2v) is 13.3. The molecule has 11 heteroatoms. The number of thiophene rings is 1. The molecule has 0 saturated heterocycles. The van der Waals surface area contributed by atoms with Crippen LogP contribution in [-0.4, -0.2) is 38.2 Å². The maximum Gasteiger partial charge on any atom is 0.254 e. The highest BCUT2D eigenvalue weighted by Crippen LogP contribution is 2.38. The SMILES string of the molecule is C=CCn1c(SCC(=O)Nc2sc3c(c2C(=O)NCc2ccccc2)CCCC3)nnc1[C@H](NC(=O)c1ccccc1)C(C)C. The van der Waals surface area contributed by atoms with Gasteiger partial charge < -0.3 is 20.5 Å². The molecule has 2 aromatic carbocycles. The number of rotatable bonds is 13. The molecule has 3 amide bonds. The van der Waals surface area contributed by atoms with E-state index in [1.807, 2.05) is 66.9 Å². The number of amides is 3. The number of hydrogen-bond donors (Lipinski definition) is 3. The number of aryl methyl sites for hydroxylation is 1. The number of nitrogens with one attached hydrogen (secondary N) is 3. The topological polar surface area (TPSA) is 118 Å². The van der Waals surface area contributed by atoms with Gasteiger partial charge in [-0.2, -0.15) is 0 Å². The van der Waals surface area contributed by atoms with Crippen LogP contribution in [0.1, 0.15) is 75.3 Å². The van der Waals surface area contributed by atoms with Crippen molar-refractivity contribution in [1.82, 2.24) is 25.4 Å². The molecule has 5 rings (SSSR count). The van der Waals surface area contributed by atoms with Crippen molar-refractivity contribution < 1.29 is 14.4 Å². The van der Waals surface area contributed by atoms with Gasteiger partial charge in [0.25, 0.3) is 11.8 Å². The Balaban J connectivity index is 1.29. The standard InChI is InChI=1S/C34H38N6O3S2/c1-4-19-40-30(29(22(2)3)37-31(42)24-15-9-6-10-16-24)38-39-34(40)44-21-27(41)36-33-28(25-17-11-12-18-26(25)45-33)32(43)35-20-23-13-7-5-8-14-23/h4-10,13-16,22,29H,1,11-12,17-21H2,2-3H3,(H,35,43)(H,36,41)(H,37,42)/t29-/m1/s1. The Bertz CT molecular complexity index is 1650. The first-order chi connectivity index (χ1) is 21.9. The van der Waals surface area contributed by atoms with E-state index in [0.717, 1.165) is 36.8 Å². The Kier molecular flexibility index (Phi) is 10.9. The first-order valence-corrected chi connectivity index (χ1v) is 16.9. The number of carbonyl (C=O) groups excluding carboxylic acids is 3. The summed E-state index contributed by atoms with van der Waals surface area (Å²) in [5.41, 5.74) is 3.20. The molecule has 1 aliphatic carbocycles. The molecule has 3 N–H and O–H groups in total. The number of benzene rings is 2. The van der Waals surface area contributed by atoms with E-state index in [0.29, 0.717) is 40.2 Å². The zero-order chi connectivity index (χ0) is 31.8. The van der Waals surface area contributed by atoms with Gasteiger partial charge in [0.05, 0.1) is 17.4 Å². The van der Waals surface area contributed by atoms with Gasteiger partial charge in [-0.25, -0.2) is 0 Å². The smallest absolute Gasteiger partial charge is 0.254 e. The van der Waals surface area contributed by atoms with Crippen LogP contribution in [0.15, 0.2) is 78.5 Å². The van der Waals surface area contributed by atoms with Crippen molar-refractivity contribution in [3.63, 3.8) is 0 Å². The number of allylic oxidation sites excluding steroid dienone is 1. The lowest BCUT2D eigenvalue weighted by Gasteiger charge is -2.22. The van der Waals surface area contributed by atoms with E-state index in [1.165, 1.54) is 28.0 Å². The zero-order valence-corrected chi connectivity index (χ0v) is 27.2. The van der Waals surface area contributed by atoms with Gasteiger partial charge in [0, 0.05) is 23.5 Å². The monoisotopic (exact) mass is 642 g/mol. The first kappa shape index (κ1) is 32.2. The van der Waals surface area contributed by atoms with Gasteiger partial charge in [0.1, 0.15) is 5.00 Å². The molecule has 0 fully saturated rings. The highest BCUT2D eigenvalue weighted by molar-refractivity contribution is 7.99. The molecule has 1 atom stereocenters. The van der Waals surface area contributed by atoms with Crippen molar-refractivity contribution in [2.75, 3.05) is 11.1 Å². The Morgan fingerprint density at radius 1 is 1.00 bits per heavy atom. The summed E-state index contributed by atoms with van der Waals surface area (Å²) in [5.74, 6) is 0.102. The van der Waals surface area contributed by atoms with Crippen LogP contribution in [0.25, 0.3) is 0 Å². The second kappa shape index (κ2) is 15.2. The second-order valence-electron chi connectivity index (χ2n) is 11.2. The zero-order valence-electron chi connectivity index (χ0n) is 25.5. The van der Waals surface area contributed by atoms with Crippen LogP contribution in [0.2, 0.25) is 0 Å². The molecule has 4 aromatic rings. The molecule has 0 unspecified atom stereocenters. The Morgan fingerprint density at radius 3 is 2.42 bits per heavy atom.